The van der Waals surface area contributed by atoms with E-state index in [2.05, 4.69) is 14.9 Å². The fourth-order valence-electron chi connectivity index (χ4n) is 1.56. The molecule has 4 heteroatoms. The molecule has 1 fully saturated rings. The Labute approximate surface area is 93.4 Å². The Morgan fingerprint density at radius 3 is 2.79 bits per heavy atom. The molecule has 0 spiro atoms. The van der Waals surface area contributed by atoms with Crippen molar-refractivity contribution < 1.29 is 0 Å². The van der Waals surface area contributed by atoms with Crippen molar-refractivity contribution in [1.82, 2.24) is 14.9 Å². The molecule has 2 rings (SSSR count). The highest BCUT2D eigenvalue weighted by molar-refractivity contribution is 7.59. The lowest BCUT2D eigenvalue weighted by Crippen LogP contribution is -2.13. The molecule has 14 heavy (non-hydrogen) atoms. The molecule has 1 N–H and O–H groups in total. The van der Waals surface area contributed by atoms with Crippen LogP contribution in [0.4, 0.5) is 0 Å². The van der Waals surface area contributed by atoms with Gasteiger partial charge in [-0.3, -0.25) is 0 Å². The first-order valence-corrected chi connectivity index (χ1v) is 5.11. The van der Waals surface area contributed by atoms with Crippen LogP contribution in [0.2, 0.25) is 0 Å². The number of hydrogen-bond donors (Lipinski definition) is 1. The Kier molecular flexibility index (Phi) is 7.61. The molecule has 1 aromatic heterocycles. The minimum atomic E-state index is 0. The van der Waals surface area contributed by atoms with Crippen LogP contribution in [0.15, 0.2) is 18.7 Å². The Morgan fingerprint density at radius 1 is 1.50 bits per heavy atom. The molecule has 0 radical (unpaired) electrons. The Hall–Kier alpha value is -0.480. The summed E-state index contributed by atoms with van der Waals surface area (Å²) < 4.78 is 2.15. The fourth-order valence-corrected chi connectivity index (χ4v) is 1.56. The highest BCUT2D eigenvalue weighted by atomic mass is 32.1. The first-order chi connectivity index (χ1) is 6.45. The van der Waals surface area contributed by atoms with Crippen molar-refractivity contribution in [2.24, 2.45) is 5.92 Å². The minimum Gasteiger partial charge on any atom is -0.337 e. The van der Waals surface area contributed by atoms with E-state index in [1.807, 2.05) is 32.6 Å². The van der Waals surface area contributed by atoms with Crippen LogP contribution in [0.25, 0.3) is 0 Å². The summed E-state index contributed by atoms with van der Waals surface area (Å²) in [7, 11) is 0. The number of nitrogens with one attached hydrogen (secondary N) is 1. The quantitative estimate of drug-likeness (QED) is 0.812. The highest BCUT2D eigenvalue weighted by Gasteiger charge is 2.13. The second-order valence-electron chi connectivity index (χ2n) is 3.12. The first kappa shape index (κ1) is 13.5. The number of nitrogens with zero attached hydrogens (tertiary/aromatic N) is 2. The molecule has 0 aromatic carbocycles. The van der Waals surface area contributed by atoms with E-state index in [-0.39, 0.29) is 13.5 Å². The van der Waals surface area contributed by atoms with E-state index in [0.717, 1.165) is 19.0 Å². The van der Waals surface area contributed by atoms with Crippen LogP contribution in [0, 0.1) is 5.92 Å². The summed E-state index contributed by atoms with van der Waals surface area (Å²) in [5.41, 5.74) is 0. The molecule has 0 amide bonds. The van der Waals surface area contributed by atoms with Gasteiger partial charge in [0.05, 0.1) is 6.33 Å². The average Bonchev–Trinajstić information content (AvgIpc) is 2.81. The van der Waals surface area contributed by atoms with Gasteiger partial charge < -0.3 is 9.88 Å². The summed E-state index contributed by atoms with van der Waals surface area (Å²) in [6, 6.07) is 0. The van der Waals surface area contributed by atoms with Crippen molar-refractivity contribution >= 4 is 13.5 Å². The molecule has 2 heterocycles. The molecule has 82 valence electrons. The molecule has 1 saturated heterocycles. The Morgan fingerprint density at radius 2 is 2.29 bits per heavy atom. The number of aromatic nitrogens is 2. The van der Waals surface area contributed by atoms with Gasteiger partial charge in [-0.15, -0.1) is 0 Å². The van der Waals surface area contributed by atoms with Crippen LogP contribution in [0.3, 0.4) is 0 Å². The second-order valence-corrected chi connectivity index (χ2v) is 3.12. The first-order valence-electron chi connectivity index (χ1n) is 5.11. The van der Waals surface area contributed by atoms with Gasteiger partial charge in [-0.25, -0.2) is 4.98 Å². The summed E-state index contributed by atoms with van der Waals surface area (Å²) in [6.07, 6.45) is 7.05. The van der Waals surface area contributed by atoms with Gasteiger partial charge in [0.2, 0.25) is 0 Å². The number of hydrogen-bond acceptors (Lipinski definition) is 2. The molecule has 1 aromatic rings. The molecule has 1 atom stereocenters. The zero-order valence-electron chi connectivity index (χ0n) is 9.03. The molecule has 0 unspecified atom stereocenters. The zero-order chi connectivity index (χ0) is 9.52. The summed E-state index contributed by atoms with van der Waals surface area (Å²) in [4.78, 5) is 4.01. The highest BCUT2D eigenvalue weighted by Crippen LogP contribution is 2.09. The van der Waals surface area contributed by atoms with Crippen LogP contribution in [0.1, 0.15) is 20.3 Å². The maximum absolute atomic E-state index is 4.01. The smallest absolute Gasteiger partial charge is 0.0946 e. The fraction of sp³-hybridized carbons (Fsp3) is 0.700. The Balaban J connectivity index is 0.000000531. The molecule has 1 aliphatic heterocycles. The van der Waals surface area contributed by atoms with Crippen molar-refractivity contribution in [2.45, 2.75) is 26.8 Å². The Bertz CT molecular complexity index is 205. The van der Waals surface area contributed by atoms with Gasteiger partial charge in [0.1, 0.15) is 0 Å². The molecular weight excluding hydrogens is 194 g/mol. The predicted molar refractivity (Wildman–Crippen MR) is 64.9 cm³/mol. The maximum atomic E-state index is 4.01. The zero-order valence-corrected chi connectivity index (χ0v) is 10.0. The summed E-state index contributed by atoms with van der Waals surface area (Å²) >= 11 is 0. The maximum Gasteiger partial charge on any atom is 0.0946 e. The van der Waals surface area contributed by atoms with Crippen LogP contribution in [0.5, 0.6) is 0 Å². The van der Waals surface area contributed by atoms with E-state index in [1.165, 1.54) is 13.0 Å². The lowest BCUT2D eigenvalue weighted by molar-refractivity contribution is 0.481. The number of imidazole rings is 1. The summed E-state index contributed by atoms with van der Waals surface area (Å²) in [5.74, 6) is 0.809. The standard InChI is InChI=1S/C8H13N3.C2H6.H2S/c1-2-9-5-8(1)6-11-4-3-10-7-11;1-2;/h3-4,7-9H,1-2,5-6H2;1-2H3;1H2/t8-;;/m1../s1. The van der Waals surface area contributed by atoms with E-state index in [9.17, 15) is 0 Å². The SMILES string of the molecule is CC.S.c1cn(C[C@@H]2CCNC2)cn1. The van der Waals surface area contributed by atoms with Gasteiger partial charge in [0.15, 0.2) is 0 Å². The van der Waals surface area contributed by atoms with E-state index in [4.69, 9.17) is 0 Å². The molecule has 0 aliphatic carbocycles. The third-order valence-electron chi connectivity index (χ3n) is 2.19. The van der Waals surface area contributed by atoms with E-state index in [0.29, 0.717) is 0 Å². The van der Waals surface area contributed by atoms with Crippen LogP contribution in [-0.2, 0) is 6.54 Å². The van der Waals surface area contributed by atoms with Crippen molar-refractivity contribution in [1.29, 1.82) is 0 Å². The van der Waals surface area contributed by atoms with E-state index in [1.54, 1.807) is 0 Å². The van der Waals surface area contributed by atoms with Crippen molar-refractivity contribution in [3.63, 3.8) is 0 Å². The molecule has 1 aliphatic rings. The summed E-state index contributed by atoms with van der Waals surface area (Å²) in [5, 5.41) is 3.35. The summed E-state index contributed by atoms with van der Waals surface area (Å²) in [6.45, 7) is 7.46. The van der Waals surface area contributed by atoms with Crippen molar-refractivity contribution in [3.8, 4) is 0 Å². The van der Waals surface area contributed by atoms with Crippen LogP contribution >= 0.6 is 13.5 Å². The van der Waals surface area contributed by atoms with Crippen LogP contribution in [-0.4, -0.2) is 22.6 Å². The van der Waals surface area contributed by atoms with Gasteiger partial charge in [-0.05, 0) is 25.4 Å². The normalized spacial score (nSPS) is 19.4. The van der Waals surface area contributed by atoms with Gasteiger partial charge >= 0.3 is 0 Å². The third kappa shape index (κ3) is 4.15. The third-order valence-corrected chi connectivity index (χ3v) is 2.19. The lowest BCUT2D eigenvalue weighted by Gasteiger charge is -2.07. The molecular formula is C10H21N3S. The molecule has 0 bridgehead atoms. The van der Waals surface area contributed by atoms with Gasteiger partial charge in [-0.1, -0.05) is 13.8 Å². The van der Waals surface area contributed by atoms with Crippen molar-refractivity contribution in [2.75, 3.05) is 13.1 Å². The van der Waals surface area contributed by atoms with Gasteiger partial charge in [-0.2, -0.15) is 13.5 Å². The topological polar surface area (TPSA) is 29.9 Å². The largest absolute Gasteiger partial charge is 0.337 e. The second kappa shape index (κ2) is 7.88. The van der Waals surface area contributed by atoms with Crippen LogP contribution < -0.4 is 5.32 Å². The van der Waals surface area contributed by atoms with Gasteiger partial charge in [0, 0.05) is 18.9 Å². The molecule has 3 nitrogen and oxygen atoms in total. The van der Waals surface area contributed by atoms with Crippen molar-refractivity contribution in [3.05, 3.63) is 18.7 Å². The van der Waals surface area contributed by atoms with E-state index >= 15 is 0 Å². The monoisotopic (exact) mass is 215 g/mol. The van der Waals surface area contributed by atoms with E-state index < -0.39 is 0 Å². The number of rotatable bonds is 2. The molecule has 0 saturated carbocycles. The average molecular weight is 215 g/mol. The lowest BCUT2D eigenvalue weighted by atomic mass is 10.1. The predicted octanol–water partition coefficient (Wildman–Crippen LogP) is 1.63. The minimum absolute atomic E-state index is 0. The van der Waals surface area contributed by atoms with Gasteiger partial charge in [0.25, 0.3) is 0 Å².